The van der Waals surface area contributed by atoms with Crippen molar-refractivity contribution in [2.75, 3.05) is 7.11 Å². The number of rotatable bonds is 2. The van der Waals surface area contributed by atoms with Crippen LogP contribution < -0.4 is 0 Å². The molecule has 1 N–H and O–H groups in total. The van der Waals surface area contributed by atoms with Gasteiger partial charge in [-0.05, 0) is 30.7 Å². The summed E-state index contributed by atoms with van der Waals surface area (Å²) in [6, 6.07) is 11.4. The molecule has 0 radical (unpaired) electrons. The van der Waals surface area contributed by atoms with Crippen molar-refractivity contribution in [2.45, 2.75) is 6.92 Å². The van der Waals surface area contributed by atoms with Gasteiger partial charge in [0.15, 0.2) is 0 Å². The molecule has 0 aliphatic rings. The van der Waals surface area contributed by atoms with Crippen LogP contribution in [0.15, 0.2) is 40.9 Å². The minimum Gasteiger partial charge on any atom is -0.465 e. The van der Waals surface area contributed by atoms with Crippen molar-refractivity contribution in [3.63, 3.8) is 0 Å². The highest BCUT2D eigenvalue weighted by molar-refractivity contribution is 9.10. The number of hydrogen-bond acceptors (Lipinski definition) is 3. The van der Waals surface area contributed by atoms with Crippen LogP contribution in [0.4, 0.5) is 0 Å². The van der Waals surface area contributed by atoms with Crippen molar-refractivity contribution in [2.24, 2.45) is 0 Å². The minimum absolute atomic E-state index is 0.385. The maximum Gasteiger partial charge on any atom is 0.340 e. The van der Waals surface area contributed by atoms with Gasteiger partial charge in [0.05, 0.1) is 18.2 Å². The van der Waals surface area contributed by atoms with E-state index in [2.05, 4.69) is 25.9 Å². The molecule has 0 fully saturated rings. The molecule has 0 aliphatic heterocycles. The predicted octanol–water partition coefficient (Wildman–Crippen LogP) is 4.09. The first-order chi connectivity index (χ1) is 10.1. The molecule has 0 amide bonds. The second-order valence-electron chi connectivity index (χ2n) is 4.69. The van der Waals surface area contributed by atoms with Crippen LogP contribution in [0.25, 0.3) is 22.4 Å². The smallest absolute Gasteiger partial charge is 0.340 e. The van der Waals surface area contributed by atoms with Crippen molar-refractivity contribution in [1.82, 2.24) is 9.97 Å². The Labute approximate surface area is 130 Å². The lowest BCUT2D eigenvalue weighted by Crippen LogP contribution is -2.01. The third-order valence-electron chi connectivity index (χ3n) is 3.44. The summed E-state index contributed by atoms with van der Waals surface area (Å²) in [6.45, 7) is 2.02. The lowest BCUT2D eigenvalue weighted by atomic mass is 10.1. The number of aromatic amines is 1. The molecule has 0 spiro atoms. The highest BCUT2D eigenvalue weighted by Gasteiger charge is 2.15. The van der Waals surface area contributed by atoms with Crippen molar-refractivity contribution < 1.29 is 9.53 Å². The van der Waals surface area contributed by atoms with Gasteiger partial charge in [0.2, 0.25) is 0 Å². The molecule has 0 atom stereocenters. The Morgan fingerprint density at radius 1 is 1.24 bits per heavy atom. The van der Waals surface area contributed by atoms with Crippen LogP contribution in [0.3, 0.4) is 0 Å². The molecule has 0 unspecified atom stereocenters. The van der Waals surface area contributed by atoms with Crippen LogP contribution in [0.1, 0.15) is 15.9 Å². The largest absolute Gasteiger partial charge is 0.465 e. The highest BCUT2D eigenvalue weighted by atomic mass is 79.9. The number of H-pyrrole nitrogens is 1. The maximum atomic E-state index is 11.8. The molecule has 3 aromatic rings. The van der Waals surface area contributed by atoms with Crippen LogP contribution in [-0.2, 0) is 4.74 Å². The molecule has 106 valence electrons. The quantitative estimate of drug-likeness (QED) is 0.712. The van der Waals surface area contributed by atoms with Gasteiger partial charge >= 0.3 is 5.97 Å². The molecule has 5 heteroatoms. The van der Waals surface area contributed by atoms with Gasteiger partial charge in [-0.3, -0.25) is 0 Å². The second kappa shape index (κ2) is 5.33. The third kappa shape index (κ3) is 2.34. The summed E-state index contributed by atoms with van der Waals surface area (Å²) in [5.74, 6) is 0.352. The maximum absolute atomic E-state index is 11.8. The van der Waals surface area contributed by atoms with E-state index in [1.807, 2.05) is 37.3 Å². The lowest BCUT2D eigenvalue weighted by molar-refractivity contribution is 0.0603. The Kier molecular flexibility index (Phi) is 3.51. The van der Waals surface area contributed by atoms with Crippen molar-refractivity contribution in [3.05, 3.63) is 52.0 Å². The van der Waals surface area contributed by atoms with Crippen molar-refractivity contribution in [1.29, 1.82) is 0 Å². The van der Waals surface area contributed by atoms with E-state index in [4.69, 9.17) is 4.74 Å². The molecule has 1 aromatic heterocycles. The normalized spacial score (nSPS) is 10.8. The summed E-state index contributed by atoms with van der Waals surface area (Å²) in [5.41, 5.74) is 3.99. The van der Waals surface area contributed by atoms with Gasteiger partial charge in [0, 0.05) is 10.0 Å². The zero-order chi connectivity index (χ0) is 15.0. The zero-order valence-corrected chi connectivity index (χ0v) is 13.2. The number of methoxy groups -OCH3 is 1. The Balaban J connectivity index is 2.22. The number of nitrogens with one attached hydrogen (secondary N) is 1. The number of fused-ring (bicyclic) bond motifs is 1. The number of halogens is 1. The number of para-hydroxylation sites is 1. The standard InChI is InChI=1S/C16H13BrN2O2/c1-9-10(5-3-7-12(9)17)15-18-13-8-4-6-11(14(13)19-15)16(20)21-2/h3-8H,1-2H3,(H,18,19). The molecular weight excluding hydrogens is 332 g/mol. The number of benzene rings is 2. The van der Waals surface area contributed by atoms with E-state index in [1.165, 1.54) is 7.11 Å². The van der Waals surface area contributed by atoms with Crippen LogP contribution in [-0.4, -0.2) is 23.0 Å². The summed E-state index contributed by atoms with van der Waals surface area (Å²) >= 11 is 3.52. The molecule has 4 nitrogen and oxygen atoms in total. The first-order valence-electron chi connectivity index (χ1n) is 6.44. The Hall–Kier alpha value is -2.14. The van der Waals surface area contributed by atoms with Gasteiger partial charge < -0.3 is 9.72 Å². The molecule has 0 saturated heterocycles. The fourth-order valence-corrected chi connectivity index (χ4v) is 2.66. The molecular formula is C16H13BrN2O2. The Bertz CT molecular complexity index is 839. The first-order valence-corrected chi connectivity index (χ1v) is 7.23. The Morgan fingerprint density at radius 3 is 2.76 bits per heavy atom. The zero-order valence-electron chi connectivity index (χ0n) is 11.6. The molecule has 1 heterocycles. The minimum atomic E-state index is -0.385. The molecule has 0 bridgehead atoms. The van der Waals surface area contributed by atoms with E-state index in [0.717, 1.165) is 26.9 Å². The number of imidazole rings is 1. The van der Waals surface area contributed by atoms with E-state index >= 15 is 0 Å². The number of carbonyl (C=O) groups excluding carboxylic acids is 1. The first kappa shape index (κ1) is 13.8. The molecule has 21 heavy (non-hydrogen) atoms. The van der Waals surface area contributed by atoms with Crippen LogP contribution >= 0.6 is 15.9 Å². The second-order valence-corrected chi connectivity index (χ2v) is 5.55. The van der Waals surface area contributed by atoms with Gasteiger partial charge in [-0.2, -0.15) is 0 Å². The van der Waals surface area contributed by atoms with Crippen LogP contribution in [0, 0.1) is 6.92 Å². The number of aromatic nitrogens is 2. The highest BCUT2D eigenvalue weighted by Crippen LogP contribution is 2.29. The van der Waals surface area contributed by atoms with Gasteiger partial charge in [-0.15, -0.1) is 0 Å². The molecule has 0 aliphatic carbocycles. The SMILES string of the molecule is COC(=O)c1cccc2[nH]c(-c3cccc(Br)c3C)nc12. The monoisotopic (exact) mass is 344 g/mol. The van der Waals surface area contributed by atoms with Crippen LogP contribution in [0.5, 0.6) is 0 Å². The topological polar surface area (TPSA) is 55.0 Å². The number of hydrogen-bond donors (Lipinski definition) is 1. The van der Waals surface area contributed by atoms with E-state index in [9.17, 15) is 4.79 Å². The number of nitrogens with zero attached hydrogens (tertiary/aromatic N) is 1. The van der Waals surface area contributed by atoms with E-state index in [-0.39, 0.29) is 5.97 Å². The number of carbonyl (C=O) groups is 1. The average Bonchev–Trinajstić information content (AvgIpc) is 2.92. The fraction of sp³-hybridized carbons (Fsp3) is 0.125. The fourth-order valence-electron chi connectivity index (χ4n) is 2.30. The van der Waals surface area contributed by atoms with E-state index < -0.39 is 0 Å². The molecule has 3 rings (SSSR count). The number of ether oxygens (including phenoxy) is 1. The Morgan fingerprint density at radius 2 is 2.00 bits per heavy atom. The number of esters is 1. The summed E-state index contributed by atoms with van der Waals surface area (Å²) in [7, 11) is 1.37. The van der Waals surface area contributed by atoms with Crippen molar-refractivity contribution >= 4 is 32.9 Å². The van der Waals surface area contributed by atoms with Gasteiger partial charge in [0.25, 0.3) is 0 Å². The summed E-state index contributed by atoms with van der Waals surface area (Å²) < 4.78 is 5.82. The van der Waals surface area contributed by atoms with Gasteiger partial charge in [-0.25, -0.2) is 9.78 Å². The van der Waals surface area contributed by atoms with Crippen molar-refractivity contribution in [3.8, 4) is 11.4 Å². The lowest BCUT2D eigenvalue weighted by Gasteiger charge is -2.03. The van der Waals surface area contributed by atoms with Gasteiger partial charge in [0.1, 0.15) is 11.3 Å². The third-order valence-corrected chi connectivity index (χ3v) is 4.30. The van der Waals surface area contributed by atoms with E-state index in [1.54, 1.807) is 6.07 Å². The van der Waals surface area contributed by atoms with E-state index in [0.29, 0.717) is 11.1 Å². The molecule has 0 saturated carbocycles. The predicted molar refractivity (Wildman–Crippen MR) is 85.3 cm³/mol. The average molecular weight is 345 g/mol. The summed E-state index contributed by atoms with van der Waals surface area (Å²) in [6.07, 6.45) is 0. The van der Waals surface area contributed by atoms with Gasteiger partial charge in [-0.1, -0.05) is 34.1 Å². The summed E-state index contributed by atoms with van der Waals surface area (Å²) in [5, 5.41) is 0. The molecule has 2 aromatic carbocycles. The summed E-state index contributed by atoms with van der Waals surface area (Å²) in [4.78, 5) is 19.6. The van der Waals surface area contributed by atoms with Crippen LogP contribution in [0.2, 0.25) is 0 Å².